The van der Waals surface area contributed by atoms with Gasteiger partial charge < -0.3 is 5.32 Å². The van der Waals surface area contributed by atoms with Crippen molar-refractivity contribution in [1.29, 1.82) is 0 Å². The monoisotopic (exact) mass is 333 g/mol. The lowest BCUT2D eigenvalue weighted by atomic mass is 10.2. The average Bonchev–Trinajstić information content (AvgIpc) is 2.45. The van der Waals surface area contributed by atoms with Gasteiger partial charge in [0, 0.05) is 17.6 Å². The van der Waals surface area contributed by atoms with E-state index in [4.69, 9.17) is 11.6 Å². The molecule has 0 saturated carbocycles. The van der Waals surface area contributed by atoms with Gasteiger partial charge in [-0.1, -0.05) is 35.5 Å². The number of rotatable bonds is 4. The van der Waals surface area contributed by atoms with Crippen LogP contribution in [-0.2, 0) is 12.7 Å². The maximum atomic E-state index is 12.7. The molecule has 0 unspecified atom stereocenters. The predicted molar refractivity (Wildman–Crippen MR) is 77.6 cm³/mol. The van der Waals surface area contributed by atoms with E-state index in [1.165, 1.54) is 0 Å². The van der Waals surface area contributed by atoms with Crippen LogP contribution in [0.5, 0.6) is 0 Å². The van der Waals surface area contributed by atoms with Crippen LogP contribution in [0.15, 0.2) is 35.5 Å². The van der Waals surface area contributed by atoms with Gasteiger partial charge in [-0.15, -0.1) is 0 Å². The van der Waals surface area contributed by atoms with Crippen LogP contribution >= 0.6 is 23.4 Å². The van der Waals surface area contributed by atoms with Crippen LogP contribution in [0.1, 0.15) is 11.3 Å². The van der Waals surface area contributed by atoms with Gasteiger partial charge in [0.15, 0.2) is 10.9 Å². The van der Waals surface area contributed by atoms with E-state index in [1.54, 1.807) is 30.5 Å². The van der Waals surface area contributed by atoms with E-state index in [1.807, 2.05) is 0 Å². The Hall–Kier alpha value is -1.47. The highest BCUT2D eigenvalue weighted by molar-refractivity contribution is 7.98. The van der Waals surface area contributed by atoms with Gasteiger partial charge in [-0.2, -0.15) is 13.2 Å². The third-order valence-electron chi connectivity index (χ3n) is 2.57. The van der Waals surface area contributed by atoms with Gasteiger partial charge in [-0.3, -0.25) is 0 Å². The van der Waals surface area contributed by atoms with Crippen LogP contribution in [0.4, 0.5) is 19.0 Å². The van der Waals surface area contributed by atoms with Crippen LogP contribution < -0.4 is 5.32 Å². The Labute approximate surface area is 128 Å². The summed E-state index contributed by atoms with van der Waals surface area (Å²) in [5, 5.41) is 3.53. The highest BCUT2D eigenvalue weighted by atomic mass is 35.5. The number of nitrogens with one attached hydrogen (secondary N) is 1. The largest absolute Gasteiger partial charge is 0.433 e. The Morgan fingerprint density at radius 1 is 1.19 bits per heavy atom. The number of thioether (sulfide) groups is 1. The first-order valence-corrected chi connectivity index (χ1v) is 7.47. The van der Waals surface area contributed by atoms with Crippen molar-refractivity contribution in [1.82, 2.24) is 9.97 Å². The molecule has 0 fully saturated rings. The van der Waals surface area contributed by atoms with E-state index >= 15 is 0 Å². The number of nitrogens with zero attached hydrogens (tertiary/aromatic N) is 2. The zero-order valence-electron chi connectivity index (χ0n) is 10.9. The molecule has 0 atom stereocenters. The highest BCUT2D eigenvalue weighted by Gasteiger charge is 2.33. The first-order valence-electron chi connectivity index (χ1n) is 5.87. The van der Waals surface area contributed by atoms with Crippen LogP contribution in [0.25, 0.3) is 0 Å². The minimum atomic E-state index is -4.50. The lowest BCUT2D eigenvalue weighted by Crippen LogP contribution is -2.11. The second kappa shape index (κ2) is 6.53. The minimum Gasteiger partial charge on any atom is -0.366 e. The SMILES string of the molecule is CSc1nc(NCc2ccc(Cl)cc2)cc(C(F)(F)F)n1. The third kappa shape index (κ3) is 4.50. The molecule has 0 spiro atoms. The number of alkyl halides is 3. The molecule has 3 nitrogen and oxygen atoms in total. The molecule has 0 aliphatic carbocycles. The molecule has 1 N–H and O–H groups in total. The van der Waals surface area contributed by atoms with Gasteiger partial charge in [0.05, 0.1) is 0 Å². The summed E-state index contributed by atoms with van der Waals surface area (Å²) in [6.07, 6.45) is -2.87. The summed E-state index contributed by atoms with van der Waals surface area (Å²) in [5.74, 6) is 0.136. The first-order chi connectivity index (χ1) is 9.88. The quantitative estimate of drug-likeness (QED) is 0.661. The second-order valence-corrected chi connectivity index (χ2v) is 5.31. The summed E-state index contributed by atoms with van der Waals surface area (Å²) in [6, 6.07) is 7.91. The summed E-state index contributed by atoms with van der Waals surface area (Å²) < 4.78 is 38.2. The normalized spacial score (nSPS) is 11.5. The molecule has 21 heavy (non-hydrogen) atoms. The van der Waals surface area contributed by atoms with E-state index in [2.05, 4.69) is 15.3 Å². The molecule has 8 heteroatoms. The molecule has 0 bridgehead atoms. The number of aromatic nitrogens is 2. The zero-order chi connectivity index (χ0) is 15.5. The van der Waals surface area contributed by atoms with Crippen LogP contribution in [0.3, 0.4) is 0 Å². The van der Waals surface area contributed by atoms with Crippen molar-refractivity contribution in [2.24, 2.45) is 0 Å². The van der Waals surface area contributed by atoms with Crippen molar-refractivity contribution in [2.75, 3.05) is 11.6 Å². The number of hydrogen-bond donors (Lipinski definition) is 1. The van der Waals surface area contributed by atoms with Crippen molar-refractivity contribution in [3.8, 4) is 0 Å². The topological polar surface area (TPSA) is 37.8 Å². The van der Waals surface area contributed by atoms with Crippen molar-refractivity contribution in [2.45, 2.75) is 17.9 Å². The van der Waals surface area contributed by atoms with E-state index in [-0.39, 0.29) is 11.0 Å². The minimum absolute atomic E-state index is 0.0726. The summed E-state index contributed by atoms with van der Waals surface area (Å²) in [6.45, 7) is 0.347. The second-order valence-electron chi connectivity index (χ2n) is 4.10. The number of halogens is 4. The Morgan fingerprint density at radius 2 is 1.86 bits per heavy atom. The molecule has 0 aliphatic rings. The fourth-order valence-corrected chi connectivity index (χ4v) is 2.05. The standard InChI is InChI=1S/C13H11ClF3N3S/c1-21-12-19-10(13(15,16)17)6-11(20-12)18-7-8-2-4-9(14)5-3-8/h2-6H,7H2,1H3,(H,18,19,20). The summed E-state index contributed by atoms with van der Waals surface area (Å²) in [5.41, 5.74) is -0.0715. The number of benzene rings is 1. The van der Waals surface area contributed by atoms with Crippen molar-refractivity contribution < 1.29 is 13.2 Å². The molecule has 0 saturated heterocycles. The molecule has 1 heterocycles. The Kier molecular flexibility index (Phi) is 4.95. The molecule has 0 radical (unpaired) electrons. The number of hydrogen-bond acceptors (Lipinski definition) is 4. The van der Waals surface area contributed by atoms with Gasteiger partial charge in [0.2, 0.25) is 0 Å². The molecule has 2 rings (SSSR count). The van der Waals surface area contributed by atoms with Gasteiger partial charge in [0.1, 0.15) is 5.82 Å². The van der Waals surface area contributed by atoms with E-state index in [0.717, 1.165) is 23.4 Å². The van der Waals surface area contributed by atoms with Crippen molar-refractivity contribution in [3.05, 3.63) is 46.6 Å². The van der Waals surface area contributed by atoms with E-state index in [0.29, 0.717) is 11.6 Å². The molecule has 112 valence electrons. The molecular formula is C13H11ClF3N3S. The van der Waals surface area contributed by atoms with Crippen LogP contribution in [-0.4, -0.2) is 16.2 Å². The molecule has 2 aromatic rings. The van der Waals surface area contributed by atoms with Gasteiger partial charge in [-0.05, 0) is 24.0 Å². The van der Waals surface area contributed by atoms with E-state index < -0.39 is 11.9 Å². The van der Waals surface area contributed by atoms with Crippen LogP contribution in [0.2, 0.25) is 5.02 Å². The Balaban J connectivity index is 2.17. The number of anilines is 1. The lowest BCUT2D eigenvalue weighted by molar-refractivity contribution is -0.141. The maximum absolute atomic E-state index is 12.7. The molecule has 1 aromatic carbocycles. The Morgan fingerprint density at radius 3 is 2.43 bits per heavy atom. The lowest BCUT2D eigenvalue weighted by Gasteiger charge is -2.11. The first kappa shape index (κ1) is 15.9. The Bertz CT molecular complexity index is 617. The fraction of sp³-hybridized carbons (Fsp3) is 0.231. The van der Waals surface area contributed by atoms with E-state index in [9.17, 15) is 13.2 Å². The zero-order valence-corrected chi connectivity index (χ0v) is 12.5. The molecule has 0 amide bonds. The summed E-state index contributed by atoms with van der Waals surface area (Å²) in [7, 11) is 0. The smallest absolute Gasteiger partial charge is 0.366 e. The van der Waals surface area contributed by atoms with Gasteiger partial charge in [-0.25, -0.2) is 9.97 Å². The highest BCUT2D eigenvalue weighted by Crippen LogP contribution is 2.30. The van der Waals surface area contributed by atoms with Crippen molar-refractivity contribution in [3.63, 3.8) is 0 Å². The average molecular weight is 334 g/mol. The molecular weight excluding hydrogens is 323 g/mol. The van der Waals surface area contributed by atoms with Crippen LogP contribution in [0, 0.1) is 0 Å². The van der Waals surface area contributed by atoms with Gasteiger partial charge >= 0.3 is 6.18 Å². The fourth-order valence-electron chi connectivity index (χ4n) is 1.55. The molecule has 1 aromatic heterocycles. The predicted octanol–water partition coefficient (Wildman–Crippen LogP) is 4.48. The van der Waals surface area contributed by atoms with Crippen molar-refractivity contribution >= 4 is 29.2 Å². The maximum Gasteiger partial charge on any atom is 0.433 e. The van der Waals surface area contributed by atoms with Gasteiger partial charge in [0.25, 0.3) is 0 Å². The summed E-state index contributed by atoms with van der Waals surface area (Å²) >= 11 is 6.83. The summed E-state index contributed by atoms with van der Waals surface area (Å²) in [4.78, 5) is 7.47. The third-order valence-corrected chi connectivity index (χ3v) is 3.37. The molecule has 0 aliphatic heterocycles.